The van der Waals surface area contributed by atoms with Gasteiger partial charge in [0.2, 0.25) is 0 Å². The molecule has 140 valence electrons. The van der Waals surface area contributed by atoms with Gasteiger partial charge in [0.25, 0.3) is 0 Å². The first-order valence-corrected chi connectivity index (χ1v) is 9.32. The fraction of sp³-hybridized carbons (Fsp3) is 0.318. The summed E-state index contributed by atoms with van der Waals surface area (Å²) in [6.07, 6.45) is 2.93. The van der Waals surface area contributed by atoms with E-state index >= 15 is 0 Å². The van der Waals surface area contributed by atoms with Crippen LogP contribution in [0.15, 0.2) is 54.7 Å². The Morgan fingerprint density at radius 1 is 1.07 bits per heavy atom. The van der Waals surface area contributed by atoms with E-state index in [1.165, 1.54) is 11.6 Å². The average molecular weight is 367 g/mol. The highest BCUT2D eigenvalue weighted by Crippen LogP contribution is 2.29. The molecule has 0 bridgehead atoms. The average Bonchev–Trinajstić information content (AvgIpc) is 3.26. The van der Waals surface area contributed by atoms with Gasteiger partial charge in [-0.2, -0.15) is 0 Å². The van der Waals surface area contributed by atoms with Crippen molar-refractivity contribution in [2.24, 2.45) is 0 Å². The van der Waals surface area contributed by atoms with Crippen molar-refractivity contribution >= 4 is 0 Å². The van der Waals surface area contributed by atoms with Crippen LogP contribution in [0.1, 0.15) is 35.0 Å². The van der Waals surface area contributed by atoms with Crippen molar-refractivity contribution in [2.45, 2.75) is 32.4 Å². The molecular weight excluding hydrogens is 344 g/mol. The van der Waals surface area contributed by atoms with E-state index in [0.717, 1.165) is 43.6 Å². The Labute approximate surface area is 158 Å². The van der Waals surface area contributed by atoms with E-state index < -0.39 is 11.6 Å². The van der Waals surface area contributed by atoms with Gasteiger partial charge in [-0.05, 0) is 31.5 Å². The summed E-state index contributed by atoms with van der Waals surface area (Å²) in [6.45, 7) is 5.12. The summed E-state index contributed by atoms with van der Waals surface area (Å²) in [7, 11) is 0. The van der Waals surface area contributed by atoms with Gasteiger partial charge in [0, 0.05) is 49.1 Å². The van der Waals surface area contributed by atoms with E-state index in [-0.39, 0.29) is 0 Å². The predicted octanol–water partition coefficient (Wildman–Crippen LogP) is 4.51. The Kier molecular flexibility index (Phi) is 5.03. The molecule has 1 saturated heterocycles. The molecule has 2 aromatic carbocycles. The molecular formula is C22H23F2N3. The van der Waals surface area contributed by atoms with Crippen LogP contribution >= 0.6 is 0 Å². The Balaban J connectivity index is 1.47. The summed E-state index contributed by atoms with van der Waals surface area (Å²) in [5, 5.41) is 0. The highest BCUT2D eigenvalue weighted by atomic mass is 19.1. The van der Waals surface area contributed by atoms with Gasteiger partial charge in [-0.1, -0.05) is 36.4 Å². The molecule has 1 atom stereocenters. The SMILES string of the molecule is Cc1cnc(C2CCN(Cc3ccc(F)cc3F)C2)n1Cc1ccccc1. The molecule has 0 aliphatic carbocycles. The van der Waals surface area contributed by atoms with Crippen LogP contribution in [0, 0.1) is 18.6 Å². The third-order valence-corrected chi connectivity index (χ3v) is 5.32. The highest BCUT2D eigenvalue weighted by Gasteiger charge is 2.28. The van der Waals surface area contributed by atoms with E-state index in [4.69, 9.17) is 0 Å². The van der Waals surface area contributed by atoms with Crippen molar-refractivity contribution in [2.75, 3.05) is 13.1 Å². The fourth-order valence-electron chi connectivity index (χ4n) is 3.85. The van der Waals surface area contributed by atoms with Crippen LogP contribution in [0.25, 0.3) is 0 Å². The first kappa shape index (κ1) is 17.9. The zero-order valence-electron chi connectivity index (χ0n) is 15.4. The van der Waals surface area contributed by atoms with E-state index in [2.05, 4.69) is 45.6 Å². The number of benzene rings is 2. The molecule has 27 heavy (non-hydrogen) atoms. The molecule has 1 aliphatic rings. The second-order valence-corrected chi connectivity index (χ2v) is 7.29. The fourth-order valence-corrected chi connectivity index (χ4v) is 3.85. The molecule has 0 N–H and O–H groups in total. The minimum Gasteiger partial charge on any atom is -0.328 e. The van der Waals surface area contributed by atoms with Crippen LogP contribution in [0.2, 0.25) is 0 Å². The van der Waals surface area contributed by atoms with Gasteiger partial charge in [-0.25, -0.2) is 13.8 Å². The molecule has 0 spiro atoms. The lowest BCUT2D eigenvalue weighted by atomic mass is 10.1. The number of hydrogen-bond donors (Lipinski definition) is 0. The summed E-state index contributed by atoms with van der Waals surface area (Å²) in [6, 6.07) is 14.2. The number of imidazole rings is 1. The van der Waals surface area contributed by atoms with Crippen molar-refractivity contribution in [1.29, 1.82) is 0 Å². The van der Waals surface area contributed by atoms with Crippen molar-refractivity contribution in [3.05, 3.63) is 89.0 Å². The minimum atomic E-state index is -0.533. The maximum Gasteiger partial charge on any atom is 0.130 e. The Morgan fingerprint density at radius 2 is 1.89 bits per heavy atom. The molecule has 4 rings (SSSR count). The molecule has 2 heterocycles. The lowest BCUT2D eigenvalue weighted by Crippen LogP contribution is -2.21. The highest BCUT2D eigenvalue weighted by molar-refractivity contribution is 5.21. The molecule has 1 unspecified atom stereocenters. The van der Waals surface area contributed by atoms with Crippen LogP contribution in [-0.2, 0) is 13.1 Å². The monoisotopic (exact) mass is 367 g/mol. The van der Waals surface area contributed by atoms with E-state index in [0.29, 0.717) is 18.0 Å². The Morgan fingerprint density at radius 3 is 2.67 bits per heavy atom. The van der Waals surface area contributed by atoms with Crippen LogP contribution < -0.4 is 0 Å². The summed E-state index contributed by atoms with van der Waals surface area (Å²) < 4.78 is 29.3. The largest absolute Gasteiger partial charge is 0.328 e. The minimum absolute atomic E-state index is 0.325. The van der Waals surface area contributed by atoms with Gasteiger partial charge in [0.15, 0.2) is 0 Å². The van der Waals surface area contributed by atoms with Gasteiger partial charge in [0.05, 0.1) is 0 Å². The Hall–Kier alpha value is -2.53. The lowest BCUT2D eigenvalue weighted by Gasteiger charge is -2.18. The van der Waals surface area contributed by atoms with E-state index in [1.807, 2.05) is 12.3 Å². The third-order valence-electron chi connectivity index (χ3n) is 5.32. The normalized spacial score (nSPS) is 17.5. The lowest BCUT2D eigenvalue weighted by molar-refractivity contribution is 0.319. The molecule has 0 saturated carbocycles. The smallest absolute Gasteiger partial charge is 0.130 e. The van der Waals surface area contributed by atoms with Crippen molar-refractivity contribution < 1.29 is 8.78 Å². The third kappa shape index (κ3) is 3.93. The standard InChI is InChI=1S/C22H23F2N3/c1-16-12-25-22(27(16)13-17-5-3-2-4-6-17)19-9-10-26(15-19)14-18-7-8-20(23)11-21(18)24/h2-8,11-12,19H,9-10,13-15H2,1H3. The van der Waals surface area contributed by atoms with Gasteiger partial charge < -0.3 is 4.57 Å². The van der Waals surface area contributed by atoms with Crippen LogP contribution in [0.3, 0.4) is 0 Å². The Bertz CT molecular complexity index is 921. The second-order valence-electron chi connectivity index (χ2n) is 7.29. The zero-order valence-corrected chi connectivity index (χ0v) is 15.4. The summed E-state index contributed by atoms with van der Waals surface area (Å²) >= 11 is 0. The molecule has 1 fully saturated rings. The van der Waals surface area contributed by atoms with Crippen molar-refractivity contribution in [1.82, 2.24) is 14.5 Å². The van der Waals surface area contributed by atoms with Gasteiger partial charge >= 0.3 is 0 Å². The predicted molar refractivity (Wildman–Crippen MR) is 102 cm³/mol. The topological polar surface area (TPSA) is 21.1 Å². The van der Waals surface area contributed by atoms with Crippen LogP contribution in [0.4, 0.5) is 8.78 Å². The van der Waals surface area contributed by atoms with Crippen LogP contribution in [-0.4, -0.2) is 27.5 Å². The molecule has 3 nitrogen and oxygen atoms in total. The molecule has 0 amide bonds. The van der Waals surface area contributed by atoms with Gasteiger partial charge in [-0.3, -0.25) is 4.90 Å². The molecule has 5 heteroatoms. The summed E-state index contributed by atoms with van der Waals surface area (Å²) in [5.41, 5.74) is 2.95. The zero-order chi connectivity index (χ0) is 18.8. The van der Waals surface area contributed by atoms with Crippen molar-refractivity contribution in [3.63, 3.8) is 0 Å². The van der Waals surface area contributed by atoms with Gasteiger partial charge in [0.1, 0.15) is 17.5 Å². The van der Waals surface area contributed by atoms with Crippen molar-refractivity contribution in [3.8, 4) is 0 Å². The quantitative estimate of drug-likeness (QED) is 0.662. The summed E-state index contributed by atoms with van der Waals surface area (Å²) in [4.78, 5) is 6.90. The number of halogens is 2. The number of nitrogens with zero attached hydrogens (tertiary/aromatic N) is 3. The number of rotatable bonds is 5. The molecule has 1 aliphatic heterocycles. The number of likely N-dealkylation sites (tertiary alicyclic amines) is 1. The first-order valence-electron chi connectivity index (χ1n) is 9.32. The molecule has 0 radical (unpaired) electrons. The molecule has 3 aromatic rings. The molecule has 1 aromatic heterocycles. The number of aryl methyl sites for hydroxylation is 1. The van der Waals surface area contributed by atoms with E-state index in [1.54, 1.807) is 6.07 Å². The second kappa shape index (κ2) is 7.61. The van der Waals surface area contributed by atoms with Crippen LogP contribution in [0.5, 0.6) is 0 Å². The summed E-state index contributed by atoms with van der Waals surface area (Å²) in [5.74, 6) is 0.415. The number of hydrogen-bond acceptors (Lipinski definition) is 2. The van der Waals surface area contributed by atoms with Gasteiger partial charge in [-0.15, -0.1) is 0 Å². The maximum atomic E-state index is 14.0. The maximum absolute atomic E-state index is 14.0. The number of aromatic nitrogens is 2. The van der Waals surface area contributed by atoms with E-state index in [9.17, 15) is 8.78 Å². The first-order chi connectivity index (χ1) is 13.1.